The summed E-state index contributed by atoms with van der Waals surface area (Å²) in [6.45, 7) is 9.22. The predicted molar refractivity (Wildman–Crippen MR) is 81.8 cm³/mol. The number of hydrogen-bond donors (Lipinski definition) is 2. The summed E-state index contributed by atoms with van der Waals surface area (Å²) in [5, 5.41) is 6.38. The van der Waals surface area contributed by atoms with Gasteiger partial charge < -0.3 is 10.6 Å². The maximum atomic E-state index is 12.3. The van der Waals surface area contributed by atoms with Crippen molar-refractivity contribution in [1.82, 2.24) is 5.32 Å². The average Bonchev–Trinajstić information content (AvgIpc) is 2.36. The van der Waals surface area contributed by atoms with Crippen molar-refractivity contribution in [2.45, 2.75) is 53.0 Å². The highest BCUT2D eigenvalue weighted by Gasteiger charge is 2.13. The number of amides is 1. The first-order valence-corrected chi connectivity index (χ1v) is 7.23. The van der Waals surface area contributed by atoms with Gasteiger partial charge in [0.15, 0.2) is 0 Å². The molecule has 1 rings (SSSR count). The van der Waals surface area contributed by atoms with E-state index < -0.39 is 0 Å². The average molecular weight is 262 g/mol. The minimum atomic E-state index is 0.0135. The molecule has 1 aromatic rings. The Labute approximate surface area is 116 Å². The van der Waals surface area contributed by atoms with Crippen LogP contribution in [-0.2, 0) is 0 Å². The van der Waals surface area contributed by atoms with Crippen molar-refractivity contribution in [3.05, 3.63) is 29.3 Å². The van der Waals surface area contributed by atoms with Crippen molar-refractivity contribution in [1.29, 1.82) is 0 Å². The number of anilines is 1. The quantitative estimate of drug-likeness (QED) is 0.786. The molecule has 2 N–H and O–H groups in total. The third-order valence-electron chi connectivity index (χ3n) is 3.08. The molecule has 106 valence electrons. The van der Waals surface area contributed by atoms with Crippen LogP contribution < -0.4 is 10.6 Å². The van der Waals surface area contributed by atoms with Crippen molar-refractivity contribution in [3.8, 4) is 0 Å². The topological polar surface area (TPSA) is 41.1 Å². The zero-order valence-electron chi connectivity index (χ0n) is 12.5. The molecule has 0 aliphatic carbocycles. The van der Waals surface area contributed by atoms with Gasteiger partial charge >= 0.3 is 0 Å². The summed E-state index contributed by atoms with van der Waals surface area (Å²) in [5.41, 5.74) is 2.84. The number of carbonyl (C=O) groups is 1. The maximum Gasteiger partial charge on any atom is 0.253 e. The smallest absolute Gasteiger partial charge is 0.253 e. The Morgan fingerprint density at radius 1 is 1.26 bits per heavy atom. The minimum absolute atomic E-state index is 0.0135. The van der Waals surface area contributed by atoms with Crippen LogP contribution >= 0.6 is 0 Å². The highest BCUT2D eigenvalue weighted by Crippen LogP contribution is 2.18. The lowest BCUT2D eigenvalue weighted by molar-refractivity contribution is 0.0939. The summed E-state index contributed by atoms with van der Waals surface area (Å²) in [6.07, 6.45) is 3.13. The van der Waals surface area contributed by atoms with E-state index in [0.717, 1.165) is 42.6 Å². The van der Waals surface area contributed by atoms with E-state index in [9.17, 15) is 4.79 Å². The van der Waals surface area contributed by atoms with Gasteiger partial charge in [-0.05, 0) is 44.4 Å². The summed E-state index contributed by atoms with van der Waals surface area (Å²) in [7, 11) is 0. The van der Waals surface area contributed by atoms with Crippen LogP contribution in [0.1, 0.15) is 56.0 Å². The van der Waals surface area contributed by atoms with Crippen LogP contribution in [0.15, 0.2) is 18.2 Å². The van der Waals surface area contributed by atoms with Gasteiger partial charge in [-0.25, -0.2) is 0 Å². The van der Waals surface area contributed by atoms with Gasteiger partial charge in [-0.1, -0.05) is 26.3 Å². The fourth-order valence-electron chi connectivity index (χ4n) is 2.07. The second kappa shape index (κ2) is 7.82. The van der Waals surface area contributed by atoms with Crippen LogP contribution in [-0.4, -0.2) is 18.5 Å². The molecule has 0 aromatic heterocycles. The van der Waals surface area contributed by atoms with Crippen molar-refractivity contribution in [2.75, 3.05) is 11.9 Å². The molecule has 1 amide bonds. The number of carbonyl (C=O) groups excluding carboxylic acids is 1. The summed E-state index contributed by atoms with van der Waals surface area (Å²) >= 11 is 0. The van der Waals surface area contributed by atoms with Crippen molar-refractivity contribution in [2.24, 2.45) is 0 Å². The molecule has 0 radical (unpaired) electrons. The van der Waals surface area contributed by atoms with Gasteiger partial charge in [0.05, 0.1) is 5.56 Å². The lowest BCUT2D eigenvalue weighted by Gasteiger charge is -2.16. The van der Waals surface area contributed by atoms with E-state index in [2.05, 4.69) is 31.4 Å². The fourth-order valence-corrected chi connectivity index (χ4v) is 2.07. The number of aryl methyl sites for hydroxylation is 1. The van der Waals surface area contributed by atoms with Crippen LogP contribution in [0.25, 0.3) is 0 Å². The standard InChI is InChI=1S/C16H26N2O/c1-5-7-13(4)18-16(19)14-9-8-12(3)11-15(14)17-10-6-2/h8-9,11,13,17H,5-7,10H2,1-4H3,(H,18,19). The maximum absolute atomic E-state index is 12.3. The highest BCUT2D eigenvalue weighted by molar-refractivity contribution is 5.99. The molecular formula is C16H26N2O. The number of nitrogens with one attached hydrogen (secondary N) is 2. The van der Waals surface area contributed by atoms with Crippen molar-refractivity contribution in [3.63, 3.8) is 0 Å². The van der Waals surface area contributed by atoms with Gasteiger partial charge in [-0.3, -0.25) is 4.79 Å². The minimum Gasteiger partial charge on any atom is -0.384 e. The second-order valence-corrected chi connectivity index (χ2v) is 5.14. The van der Waals surface area contributed by atoms with Crippen molar-refractivity contribution >= 4 is 11.6 Å². The lowest BCUT2D eigenvalue weighted by atomic mass is 10.1. The van der Waals surface area contributed by atoms with E-state index in [0.29, 0.717) is 0 Å². The van der Waals surface area contributed by atoms with Crippen LogP contribution in [0.3, 0.4) is 0 Å². The molecular weight excluding hydrogens is 236 g/mol. The Balaban J connectivity index is 2.82. The van der Waals surface area contributed by atoms with Gasteiger partial charge in [0.2, 0.25) is 0 Å². The van der Waals surface area contributed by atoms with Crippen molar-refractivity contribution < 1.29 is 4.79 Å². The van der Waals surface area contributed by atoms with Gasteiger partial charge in [-0.15, -0.1) is 0 Å². The molecule has 0 spiro atoms. The zero-order chi connectivity index (χ0) is 14.3. The SMILES string of the molecule is CCCNc1cc(C)ccc1C(=O)NC(C)CCC. The molecule has 19 heavy (non-hydrogen) atoms. The zero-order valence-corrected chi connectivity index (χ0v) is 12.5. The van der Waals surface area contributed by atoms with Gasteiger partial charge in [0, 0.05) is 18.3 Å². The van der Waals surface area contributed by atoms with Crippen LogP contribution in [0, 0.1) is 6.92 Å². The van der Waals surface area contributed by atoms with E-state index in [4.69, 9.17) is 0 Å². The van der Waals surface area contributed by atoms with Crippen LogP contribution in [0.2, 0.25) is 0 Å². The number of rotatable bonds is 7. The summed E-state index contributed by atoms with van der Waals surface area (Å²) in [5.74, 6) is 0.0135. The Bertz CT molecular complexity index is 415. The van der Waals surface area contributed by atoms with Gasteiger partial charge in [0.25, 0.3) is 5.91 Å². The normalized spacial score (nSPS) is 12.0. The monoisotopic (exact) mass is 262 g/mol. The van der Waals surface area contributed by atoms with Gasteiger partial charge in [0.1, 0.15) is 0 Å². The summed E-state index contributed by atoms with van der Waals surface area (Å²) in [6, 6.07) is 6.14. The summed E-state index contributed by atoms with van der Waals surface area (Å²) < 4.78 is 0. The Kier molecular flexibility index (Phi) is 6.40. The second-order valence-electron chi connectivity index (χ2n) is 5.14. The van der Waals surface area contributed by atoms with Gasteiger partial charge in [-0.2, -0.15) is 0 Å². The molecule has 1 atom stereocenters. The van der Waals surface area contributed by atoms with E-state index in [-0.39, 0.29) is 11.9 Å². The number of hydrogen-bond acceptors (Lipinski definition) is 2. The third kappa shape index (κ3) is 4.93. The Hall–Kier alpha value is -1.51. The first kappa shape index (κ1) is 15.5. The Morgan fingerprint density at radius 2 is 2.00 bits per heavy atom. The third-order valence-corrected chi connectivity index (χ3v) is 3.08. The summed E-state index contributed by atoms with van der Waals surface area (Å²) in [4.78, 5) is 12.3. The van der Waals surface area contributed by atoms with E-state index in [1.165, 1.54) is 0 Å². The molecule has 0 aliphatic rings. The predicted octanol–water partition coefficient (Wildman–Crippen LogP) is 3.74. The largest absolute Gasteiger partial charge is 0.384 e. The molecule has 1 unspecified atom stereocenters. The highest BCUT2D eigenvalue weighted by atomic mass is 16.1. The molecule has 0 bridgehead atoms. The van der Waals surface area contributed by atoms with Crippen LogP contribution in [0.4, 0.5) is 5.69 Å². The molecule has 0 saturated carbocycles. The molecule has 3 heteroatoms. The first-order valence-electron chi connectivity index (χ1n) is 7.23. The Morgan fingerprint density at radius 3 is 2.63 bits per heavy atom. The molecule has 0 heterocycles. The molecule has 1 aromatic carbocycles. The lowest BCUT2D eigenvalue weighted by Crippen LogP contribution is -2.32. The fraction of sp³-hybridized carbons (Fsp3) is 0.562. The van der Waals surface area contributed by atoms with E-state index in [1.807, 2.05) is 25.1 Å². The molecule has 3 nitrogen and oxygen atoms in total. The van der Waals surface area contributed by atoms with E-state index in [1.54, 1.807) is 0 Å². The molecule has 0 saturated heterocycles. The molecule has 0 aliphatic heterocycles. The van der Waals surface area contributed by atoms with Crippen LogP contribution in [0.5, 0.6) is 0 Å². The van der Waals surface area contributed by atoms with E-state index >= 15 is 0 Å². The number of benzene rings is 1. The first-order chi connectivity index (χ1) is 9.08. The molecule has 0 fully saturated rings.